The zero-order valence-corrected chi connectivity index (χ0v) is 18.8. The first-order valence-corrected chi connectivity index (χ1v) is 10.5. The van der Waals surface area contributed by atoms with Crippen LogP contribution >= 0.6 is 39.1 Å². The molecule has 0 aliphatic heterocycles. The number of carbonyl (C=O) groups excluding carboxylic acids is 1. The summed E-state index contributed by atoms with van der Waals surface area (Å²) in [5.41, 5.74) is 3.20. The van der Waals surface area contributed by atoms with Gasteiger partial charge in [-0.15, -0.1) is 5.10 Å². The van der Waals surface area contributed by atoms with Crippen molar-refractivity contribution in [3.8, 4) is 17.1 Å². The molecule has 0 atom stereocenters. The first-order valence-electron chi connectivity index (χ1n) is 8.98. The summed E-state index contributed by atoms with van der Waals surface area (Å²) in [6.45, 7) is 1.98. The maximum Gasteiger partial charge on any atom is 0.295 e. The molecule has 1 heterocycles. The van der Waals surface area contributed by atoms with Gasteiger partial charge in [-0.2, -0.15) is 0 Å². The quantitative estimate of drug-likeness (QED) is 0.344. The highest BCUT2D eigenvalue weighted by atomic mass is 79.9. The Morgan fingerprint density at radius 3 is 2.43 bits per heavy atom. The van der Waals surface area contributed by atoms with Crippen LogP contribution in [0.25, 0.3) is 17.1 Å². The molecule has 30 heavy (non-hydrogen) atoms. The van der Waals surface area contributed by atoms with Gasteiger partial charge in [0.1, 0.15) is 0 Å². The third-order valence-corrected chi connectivity index (χ3v) is 5.70. The van der Waals surface area contributed by atoms with Crippen LogP contribution in [0.3, 0.4) is 0 Å². The Labute approximate surface area is 191 Å². The minimum absolute atomic E-state index is 0.0437. The van der Waals surface area contributed by atoms with Gasteiger partial charge in [0.05, 0.1) is 15.7 Å². The Hall–Kier alpha value is -2.67. The van der Waals surface area contributed by atoms with E-state index in [1.54, 1.807) is 22.9 Å². The van der Waals surface area contributed by atoms with Crippen LogP contribution in [0.1, 0.15) is 16.2 Å². The highest BCUT2D eigenvalue weighted by molar-refractivity contribution is 9.10. The van der Waals surface area contributed by atoms with Crippen LogP contribution in [-0.4, -0.2) is 20.7 Å². The largest absolute Gasteiger partial charge is 0.319 e. The van der Waals surface area contributed by atoms with Crippen molar-refractivity contribution < 1.29 is 4.79 Å². The lowest BCUT2D eigenvalue weighted by Gasteiger charge is -2.08. The number of amides is 1. The number of nitrogens with zero attached hydrogens (tertiary/aromatic N) is 3. The summed E-state index contributed by atoms with van der Waals surface area (Å²) in [6, 6.07) is 20.3. The zero-order valence-electron chi connectivity index (χ0n) is 15.7. The number of halogens is 3. The summed E-state index contributed by atoms with van der Waals surface area (Å²) in [5.74, 6) is 0.164. The van der Waals surface area contributed by atoms with Gasteiger partial charge in [-0.3, -0.25) is 4.79 Å². The number of carbonyl (C=O) groups is 1. The Bertz CT molecular complexity index is 1240. The third-order valence-electron chi connectivity index (χ3n) is 4.43. The highest BCUT2D eigenvalue weighted by Crippen LogP contribution is 2.27. The van der Waals surface area contributed by atoms with Crippen LogP contribution in [-0.2, 0) is 0 Å². The number of hydrogen-bond donors (Lipinski definition) is 1. The van der Waals surface area contributed by atoms with E-state index >= 15 is 0 Å². The molecule has 0 aliphatic carbocycles. The number of hydrogen-bond acceptors (Lipinski definition) is 3. The van der Waals surface area contributed by atoms with Crippen molar-refractivity contribution in [2.75, 3.05) is 5.32 Å². The molecule has 150 valence electrons. The molecule has 0 spiro atoms. The van der Waals surface area contributed by atoms with Crippen molar-refractivity contribution in [1.82, 2.24) is 14.8 Å². The lowest BCUT2D eigenvalue weighted by molar-refractivity contribution is 0.101. The van der Waals surface area contributed by atoms with Gasteiger partial charge in [-0.05, 0) is 48.9 Å². The predicted molar refractivity (Wildman–Crippen MR) is 124 cm³/mol. The third kappa shape index (κ3) is 4.26. The van der Waals surface area contributed by atoms with Gasteiger partial charge >= 0.3 is 0 Å². The Balaban J connectivity index is 1.76. The number of aryl methyl sites for hydroxylation is 1. The molecule has 0 saturated heterocycles. The molecule has 5 nitrogen and oxygen atoms in total. The van der Waals surface area contributed by atoms with Crippen molar-refractivity contribution in [2.24, 2.45) is 0 Å². The van der Waals surface area contributed by atoms with Gasteiger partial charge in [0.2, 0.25) is 5.82 Å². The van der Waals surface area contributed by atoms with E-state index in [0.717, 1.165) is 21.3 Å². The standard InChI is InChI=1S/C22H15BrCl2N4O/c1-13-4-2-3-5-19(13)29-21(14-6-8-15(23)9-7-14)27-20(28-29)22(30)26-16-10-11-17(24)18(25)12-16/h2-12H,1H3,(H,26,30). The van der Waals surface area contributed by atoms with Crippen molar-refractivity contribution in [3.63, 3.8) is 0 Å². The number of aromatic nitrogens is 3. The summed E-state index contributed by atoms with van der Waals surface area (Å²) >= 11 is 15.4. The monoisotopic (exact) mass is 500 g/mol. The Kier molecular flexibility index (Phi) is 5.90. The van der Waals surface area contributed by atoms with E-state index < -0.39 is 5.91 Å². The molecule has 1 N–H and O–H groups in total. The van der Waals surface area contributed by atoms with Crippen LogP contribution in [0.5, 0.6) is 0 Å². The smallest absolute Gasteiger partial charge is 0.295 e. The number of rotatable bonds is 4. The molecule has 0 unspecified atom stereocenters. The van der Waals surface area contributed by atoms with E-state index in [4.69, 9.17) is 23.2 Å². The predicted octanol–water partition coefficient (Wildman–Crippen LogP) is 6.56. The van der Waals surface area contributed by atoms with Gasteiger partial charge in [0.25, 0.3) is 5.91 Å². The second-order valence-electron chi connectivity index (χ2n) is 6.55. The van der Waals surface area contributed by atoms with Crippen LogP contribution < -0.4 is 5.32 Å². The van der Waals surface area contributed by atoms with Crippen molar-refractivity contribution in [2.45, 2.75) is 6.92 Å². The minimum atomic E-state index is -0.445. The Morgan fingerprint density at radius 2 is 1.73 bits per heavy atom. The highest BCUT2D eigenvalue weighted by Gasteiger charge is 2.20. The molecule has 0 saturated carbocycles. The lowest BCUT2D eigenvalue weighted by Crippen LogP contribution is -2.14. The van der Waals surface area contributed by atoms with E-state index in [1.165, 1.54) is 0 Å². The summed E-state index contributed by atoms with van der Waals surface area (Å²) in [4.78, 5) is 17.4. The molecule has 0 aliphatic rings. The summed E-state index contributed by atoms with van der Waals surface area (Å²) in [7, 11) is 0. The van der Waals surface area contributed by atoms with Gasteiger partial charge in [0.15, 0.2) is 5.82 Å². The van der Waals surface area contributed by atoms with E-state index in [0.29, 0.717) is 21.6 Å². The van der Waals surface area contributed by atoms with Crippen molar-refractivity contribution in [1.29, 1.82) is 0 Å². The van der Waals surface area contributed by atoms with Gasteiger partial charge < -0.3 is 5.32 Å². The molecule has 4 rings (SSSR count). The summed E-state index contributed by atoms with van der Waals surface area (Å²) in [5, 5.41) is 8.03. The van der Waals surface area contributed by atoms with Crippen LogP contribution in [0.4, 0.5) is 5.69 Å². The number of benzene rings is 3. The average molecular weight is 502 g/mol. The zero-order chi connectivity index (χ0) is 21.3. The number of anilines is 1. The van der Waals surface area contributed by atoms with Gasteiger partial charge in [-0.1, -0.05) is 69.5 Å². The molecule has 1 aromatic heterocycles. The molecule has 0 radical (unpaired) electrons. The van der Waals surface area contributed by atoms with Crippen LogP contribution in [0.15, 0.2) is 71.2 Å². The molecule has 0 fully saturated rings. The normalized spacial score (nSPS) is 10.8. The number of nitrogens with one attached hydrogen (secondary N) is 1. The van der Waals surface area contributed by atoms with E-state index in [-0.39, 0.29) is 5.82 Å². The first kappa shape index (κ1) is 20.6. The Morgan fingerprint density at radius 1 is 1.00 bits per heavy atom. The fourth-order valence-electron chi connectivity index (χ4n) is 2.92. The molecular weight excluding hydrogens is 487 g/mol. The lowest BCUT2D eigenvalue weighted by atomic mass is 10.2. The molecule has 4 aromatic rings. The van der Waals surface area contributed by atoms with E-state index in [1.807, 2.05) is 55.5 Å². The number of para-hydroxylation sites is 1. The van der Waals surface area contributed by atoms with Crippen molar-refractivity contribution >= 4 is 50.7 Å². The molecule has 3 aromatic carbocycles. The van der Waals surface area contributed by atoms with Gasteiger partial charge in [-0.25, -0.2) is 9.67 Å². The first-order chi connectivity index (χ1) is 14.4. The fraction of sp³-hybridized carbons (Fsp3) is 0.0455. The summed E-state index contributed by atoms with van der Waals surface area (Å²) in [6.07, 6.45) is 0. The summed E-state index contributed by atoms with van der Waals surface area (Å²) < 4.78 is 2.63. The van der Waals surface area contributed by atoms with E-state index in [2.05, 4.69) is 31.3 Å². The van der Waals surface area contributed by atoms with Gasteiger partial charge in [0, 0.05) is 15.7 Å². The molecule has 8 heteroatoms. The average Bonchev–Trinajstić information content (AvgIpc) is 3.17. The topological polar surface area (TPSA) is 59.8 Å². The second kappa shape index (κ2) is 8.60. The molecule has 0 bridgehead atoms. The maximum absolute atomic E-state index is 12.8. The van der Waals surface area contributed by atoms with E-state index in [9.17, 15) is 4.79 Å². The molecular formula is C22H15BrCl2N4O. The maximum atomic E-state index is 12.8. The van der Waals surface area contributed by atoms with Crippen LogP contribution in [0.2, 0.25) is 10.0 Å². The fourth-order valence-corrected chi connectivity index (χ4v) is 3.49. The SMILES string of the molecule is Cc1ccccc1-n1nc(C(=O)Nc2ccc(Cl)c(Cl)c2)nc1-c1ccc(Br)cc1. The van der Waals surface area contributed by atoms with Crippen molar-refractivity contribution in [3.05, 3.63) is 92.6 Å². The molecule has 1 amide bonds. The second-order valence-corrected chi connectivity index (χ2v) is 8.28. The van der Waals surface area contributed by atoms with Crippen LogP contribution in [0, 0.1) is 6.92 Å². The minimum Gasteiger partial charge on any atom is -0.319 e.